The van der Waals surface area contributed by atoms with Gasteiger partial charge in [-0.15, -0.1) is 37.2 Å². The van der Waals surface area contributed by atoms with Crippen molar-refractivity contribution in [2.75, 3.05) is 36.8 Å². The molecule has 1 aliphatic heterocycles. The predicted molar refractivity (Wildman–Crippen MR) is 112 cm³/mol. The summed E-state index contributed by atoms with van der Waals surface area (Å²) < 4.78 is 0. The van der Waals surface area contributed by atoms with E-state index >= 15 is 0 Å². The molecule has 1 aromatic heterocycles. The van der Waals surface area contributed by atoms with Crippen molar-refractivity contribution in [2.24, 2.45) is 0 Å². The van der Waals surface area contributed by atoms with E-state index in [1.807, 2.05) is 13.1 Å². The fourth-order valence-corrected chi connectivity index (χ4v) is 2.79. The maximum atomic E-state index is 5.98. The minimum absolute atomic E-state index is 0. The summed E-state index contributed by atoms with van der Waals surface area (Å²) in [7, 11) is 0. The molecule has 140 valence electrons. The van der Waals surface area contributed by atoms with Crippen LogP contribution in [0.15, 0.2) is 30.5 Å². The SMILES string of the molecule is Cc1ccc(N2CCN(Cc3cnc(C)nc3N)CC2)cc1.Cl.Cl.Cl. The molecular weight excluding hydrogens is 381 g/mol. The molecule has 0 aliphatic carbocycles. The van der Waals surface area contributed by atoms with E-state index in [2.05, 4.69) is 51.0 Å². The number of hydrogen-bond donors (Lipinski definition) is 1. The minimum atomic E-state index is 0. The van der Waals surface area contributed by atoms with E-state index in [1.165, 1.54) is 11.3 Å². The van der Waals surface area contributed by atoms with E-state index in [9.17, 15) is 0 Å². The molecule has 0 spiro atoms. The molecule has 0 radical (unpaired) electrons. The molecule has 2 aromatic rings. The second-order valence-corrected chi connectivity index (χ2v) is 5.93. The largest absolute Gasteiger partial charge is 0.383 e. The molecule has 0 unspecified atom stereocenters. The number of nitrogens with zero attached hydrogens (tertiary/aromatic N) is 4. The van der Waals surface area contributed by atoms with Crippen LogP contribution in [0.5, 0.6) is 0 Å². The van der Waals surface area contributed by atoms with Gasteiger partial charge in [-0.25, -0.2) is 9.97 Å². The topological polar surface area (TPSA) is 58.3 Å². The summed E-state index contributed by atoms with van der Waals surface area (Å²) in [6.07, 6.45) is 1.85. The second kappa shape index (κ2) is 10.7. The van der Waals surface area contributed by atoms with Gasteiger partial charge in [-0.1, -0.05) is 17.7 Å². The van der Waals surface area contributed by atoms with Crippen molar-refractivity contribution in [3.05, 3.63) is 47.4 Å². The van der Waals surface area contributed by atoms with Crippen molar-refractivity contribution in [3.8, 4) is 0 Å². The highest BCUT2D eigenvalue weighted by Gasteiger charge is 2.18. The van der Waals surface area contributed by atoms with Crippen molar-refractivity contribution >= 4 is 48.7 Å². The average Bonchev–Trinajstić information content (AvgIpc) is 2.52. The van der Waals surface area contributed by atoms with Crippen LogP contribution in [0.25, 0.3) is 0 Å². The summed E-state index contributed by atoms with van der Waals surface area (Å²) in [6, 6.07) is 8.76. The van der Waals surface area contributed by atoms with Gasteiger partial charge >= 0.3 is 0 Å². The Bertz CT molecular complexity index is 643. The van der Waals surface area contributed by atoms with E-state index in [1.54, 1.807) is 0 Å². The predicted octanol–water partition coefficient (Wildman–Crippen LogP) is 3.26. The quantitative estimate of drug-likeness (QED) is 0.848. The van der Waals surface area contributed by atoms with Crippen LogP contribution in [0.3, 0.4) is 0 Å². The number of benzene rings is 1. The lowest BCUT2D eigenvalue weighted by atomic mass is 10.2. The van der Waals surface area contributed by atoms with Gasteiger partial charge in [0, 0.05) is 50.2 Å². The van der Waals surface area contributed by atoms with Gasteiger partial charge in [0.15, 0.2) is 0 Å². The standard InChI is InChI=1S/C17H23N5.3ClH/c1-13-3-5-16(6-4-13)22-9-7-21(8-10-22)12-15-11-19-14(2)20-17(15)18;;;/h3-6,11H,7-10,12H2,1-2H3,(H2,18,19,20);3*1H. The first kappa shape index (κ1) is 23.7. The maximum Gasteiger partial charge on any atom is 0.131 e. The van der Waals surface area contributed by atoms with Crippen LogP contribution < -0.4 is 10.6 Å². The summed E-state index contributed by atoms with van der Waals surface area (Å²) >= 11 is 0. The van der Waals surface area contributed by atoms with Crippen LogP contribution in [-0.4, -0.2) is 41.0 Å². The molecule has 8 heteroatoms. The average molecular weight is 407 g/mol. The third-order valence-electron chi connectivity index (χ3n) is 4.18. The zero-order valence-electron chi connectivity index (χ0n) is 14.5. The first-order valence-electron chi connectivity index (χ1n) is 7.74. The zero-order chi connectivity index (χ0) is 15.5. The third kappa shape index (κ3) is 6.19. The number of anilines is 2. The Kier molecular flexibility index (Phi) is 10.1. The minimum Gasteiger partial charge on any atom is -0.383 e. The van der Waals surface area contributed by atoms with E-state index in [-0.39, 0.29) is 37.2 Å². The Morgan fingerprint density at radius 3 is 2.12 bits per heavy atom. The molecule has 1 aromatic carbocycles. The van der Waals surface area contributed by atoms with Crippen molar-refractivity contribution in [1.82, 2.24) is 14.9 Å². The normalized spacial score (nSPS) is 14.1. The van der Waals surface area contributed by atoms with Crippen LogP contribution in [0.4, 0.5) is 11.5 Å². The molecule has 1 aliphatic rings. The van der Waals surface area contributed by atoms with Crippen molar-refractivity contribution in [2.45, 2.75) is 20.4 Å². The number of hydrogen-bond acceptors (Lipinski definition) is 5. The van der Waals surface area contributed by atoms with Gasteiger partial charge in [0.05, 0.1) is 0 Å². The number of nitrogen functional groups attached to an aromatic ring is 1. The zero-order valence-corrected chi connectivity index (χ0v) is 17.0. The van der Waals surface area contributed by atoms with Crippen LogP contribution in [-0.2, 0) is 6.54 Å². The van der Waals surface area contributed by atoms with Gasteiger partial charge in [0.25, 0.3) is 0 Å². The fourth-order valence-electron chi connectivity index (χ4n) is 2.79. The number of aromatic nitrogens is 2. The van der Waals surface area contributed by atoms with Gasteiger partial charge in [0.1, 0.15) is 11.6 Å². The van der Waals surface area contributed by atoms with Gasteiger partial charge in [-0.3, -0.25) is 4.90 Å². The molecule has 2 heterocycles. The Labute approximate surface area is 168 Å². The summed E-state index contributed by atoms with van der Waals surface area (Å²) in [5.41, 5.74) is 9.62. The fraction of sp³-hybridized carbons (Fsp3) is 0.412. The Balaban J connectivity index is 0.00000192. The summed E-state index contributed by atoms with van der Waals surface area (Å²) in [4.78, 5) is 13.3. The van der Waals surface area contributed by atoms with Gasteiger partial charge in [0.2, 0.25) is 0 Å². The van der Waals surface area contributed by atoms with E-state index in [0.717, 1.165) is 44.1 Å². The second-order valence-electron chi connectivity index (χ2n) is 5.93. The molecule has 1 saturated heterocycles. The van der Waals surface area contributed by atoms with Crippen molar-refractivity contribution in [1.29, 1.82) is 0 Å². The molecule has 25 heavy (non-hydrogen) atoms. The van der Waals surface area contributed by atoms with Gasteiger partial charge < -0.3 is 10.6 Å². The number of aryl methyl sites for hydroxylation is 2. The molecule has 0 amide bonds. The molecule has 0 bridgehead atoms. The highest BCUT2D eigenvalue weighted by atomic mass is 35.5. The summed E-state index contributed by atoms with van der Waals surface area (Å²) in [5.74, 6) is 1.33. The van der Waals surface area contributed by atoms with Gasteiger partial charge in [-0.2, -0.15) is 0 Å². The first-order valence-corrected chi connectivity index (χ1v) is 7.74. The Hall–Kier alpha value is -1.27. The molecule has 2 N–H and O–H groups in total. The van der Waals surface area contributed by atoms with E-state index in [0.29, 0.717) is 5.82 Å². The monoisotopic (exact) mass is 405 g/mol. The van der Waals surface area contributed by atoms with Crippen molar-refractivity contribution in [3.63, 3.8) is 0 Å². The Morgan fingerprint density at radius 1 is 0.960 bits per heavy atom. The summed E-state index contributed by atoms with van der Waals surface area (Å²) in [6.45, 7) is 8.94. The lowest BCUT2D eigenvalue weighted by molar-refractivity contribution is 0.250. The smallest absolute Gasteiger partial charge is 0.131 e. The highest BCUT2D eigenvalue weighted by Crippen LogP contribution is 2.18. The molecule has 5 nitrogen and oxygen atoms in total. The number of piperazine rings is 1. The highest BCUT2D eigenvalue weighted by molar-refractivity contribution is 5.86. The molecular formula is C17H26Cl3N5. The van der Waals surface area contributed by atoms with Crippen LogP contribution >= 0.6 is 37.2 Å². The number of rotatable bonds is 3. The molecule has 1 fully saturated rings. The summed E-state index contributed by atoms with van der Waals surface area (Å²) in [5, 5.41) is 0. The Morgan fingerprint density at radius 2 is 1.56 bits per heavy atom. The lowest BCUT2D eigenvalue weighted by Gasteiger charge is -2.36. The number of halogens is 3. The van der Waals surface area contributed by atoms with E-state index < -0.39 is 0 Å². The number of nitrogens with two attached hydrogens (primary N) is 1. The van der Waals surface area contributed by atoms with Crippen molar-refractivity contribution < 1.29 is 0 Å². The van der Waals surface area contributed by atoms with Crippen LogP contribution in [0.2, 0.25) is 0 Å². The van der Waals surface area contributed by atoms with Gasteiger partial charge in [-0.05, 0) is 26.0 Å². The molecule has 0 saturated carbocycles. The first-order chi connectivity index (χ1) is 10.6. The van der Waals surface area contributed by atoms with Crippen LogP contribution in [0.1, 0.15) is 17.0 Å². The van der Waals surface area contributed by atoms with E-state index in [4.69, 9.17) is 5.73 Å². The lowest BCUT2D eigenvalue weighted by Crippen LogP contribution is -2.46. The maximum absolute atomic E-state index is 5.98. The molecule has 0 atom stereocenters. The third-order valence-corrected chi connectivity index (χ3v) is 4.18. The molecule has 3 rings (SSSR count). The van der Waals surface area contributed by atoms with Crippen LogP contribution in [0, 0.1) is 13.8 Å².